The van der Waals surface area contributed by atoms with Gasteiger partial charge in [-0.2, -0.15) is 0 Å². The Morgan fingerprint density at radius 1 is 1.10 bits per heavy atom. The van der Waals surface area contributed by atoms with Crippen LogP contribution in [0.3, 0.4) is 0 Å². The third-order valence-electron chi connectivity index (χ3n) is 8.26. The molecule has 3 saturated carbocycles. The third kappa shape index (κ3) is 1.79. The van der Waals surface area contributed by atoms with Crippen molar-refractivity contribution in [2.24, 2.45) is 34.5 Å². The summed E-state index contributed by atoms with van der Waals surface area (Å²) < 4.78 is 0. The highest BCUT2D eigenvalue weighted by molar-refractivity contribution is 5.56. The van der Waals surface area contributed by atoms with Gasteiger partial charge in [-0.3, -0.25) is 0 Å². The zero-order chi connectivity index (χ0) is 14.7. The first kappa shape index (κ1) is 14.0. The quantitative estimate of drug-likeness (QED) is 0.481. The molecule has 4 aliphatic rings. The van der Waals surface area contributed by atoms with Crippen LogP contribution in [0.25, 0.3) is 0 Å². The Kier molecular flexibility index (Phi) is 3.14. The largest absolute Gasteiger partial charge is 0.303 e. The second-order valence-electron chi connectivity index (χ2n) is 8.83. The van der Waals surface area contributed by atoms with Gasteiger partial charge in [0.1, 0.15) is 6.29 Å². The van der Waals surface area contributed by atoms with Crippen molar-refractivity contribution < 1.29 is 4.79 Å². The molecule has 1 unspecified atom stereocenters. The van der Waals surface area contributed by atoms with Crippen molar-refractivity contribution in [1.29, 1.82) is 0 Å². The smallest absolute Gasteiger partial charge is 0.123 e. The summed E-state index contributed by atoms with van der Waals surface area (Å²) in [5.41, 5.74) is 2.62. The predicted molar refractivity (Wildman–Crippen MR) is 85.9 cm³/mol. The molecule has 0 amide bonds. The van der Waals surface area contributed by atoms with Crippen LogP contribution in [0.1, 0.15) is 71.6 Å². The third-order valence-corrected chi connectivity index (χ3v) is 8.26. The minimum atomic E-state index is 0.319. The molecule has 0 radical (unpaired) electrons. The van der Waals surface area contributed by atoms with Crippen molar-refractivity contribution in [1.82, 2.24) is 0 Å². The second kappa shape index (κ2) is 4.70. The molecule has 0 aromatic heterocycles. The van der Waals surface area contributed by atoms with Gasteiger partial charge in [-0.1, -0.05) is 31.9 Å². The lowest BCUT2D eigenvalue weighted by Gasteiger charge is -2.57. The first-order chi connectivity index (χ1) is 10.1. The fourth-order valence-electron chi connectivity index (χ4n) is 6.96. The van der Waals surface area contributed by atoms with Gasteiger partial charge in [-0.15, -0.1) is 0 Å². The summed E-state index contributed by atoms with van der Waals surface area (Å²) in [6.07, 6.45) is 16.0. The molecule has 0 bridgehead atoms. The van der Waals surface area contributed by atoms with Crippen LogP contribution in [0.4, 0.5) is 0 Å². The molecule has 0 aliphatic heterocycles. The van der Waals surface area contributed by atoms with Crippen LogP contribution in [-0.2, 0) is 4.79 Å². The molecule has 0 heterocycles. The number of carbonyl (C=O) groups is 1. The zero-order valence-corrected chi connectivity index (χ0v) is 13.7. The Balaban J connectivity index is 1.69. The Hall–Kier alpha value is -0.590. The van der Waals surface area contributed by atoms with E-state index in [0.29, 0.717) is 16.7 Å². The molecule has 21 heavy (non-hydrogen) atoms. The van der Waals surface area contributed by atoms with E-state index in [4.69, 9.17) is 0 Å². The molecular weight excluding hydrogens is 256 g/mol. The molecule has 4 aliphatic carbocycles. The van der Waals surface area contributed by atoms with Crippen molar-refractivity contribution in [3.05, 3.63) is 11.6 Å². The van der Waals surface area contributed by atoms with Crippen molar-refractivity contribution in [2.45, 2.75) is 71.6 Å². The van der Waals surface area contributed by atoms with E-state index >= 15 is 0 Å². The molecule has 1 heteroatoms. The van der Waals surface area contributed by atoms with E-state index in [1.54, 1.807) is 5.57 Å². The molecule has 3 fully saturated rings. The Morgan fingerprint density at radius 2 is 1.95 bits per heavy atom. The standard InChI is InChI=1S/C20H30O/c1-19-11-4-3-5-14(19)6-8-16-17-9-7-15(13-21)20(17,2)12-10-18(16)19/h6,13,15-18H,3-5,7-12H2,1-2H3/t15?,16-,17-,18+,19-,20+/m0/s1. The van der Waals surface area contributed by atoms with E-state index in [-0.39, 0.29) is 0 Å². The maximum Gasteiger partial charge on any atom is 0.123 e. The van der Waals surface area contributed by atoms with Gasteiger partial charge in [-0.05, 0) is 80.0 Å². The van der Waals surface area contributed by atoms with E-state index in [2.05, 4.69) is 19.9 Å². The summed E-state index contributed by atoms with van der Waals surface area (Å²) >= 11 is 0. The molecule has 1 nitrogen and oxygen atoms in total. The molecule has 116 valence electrons. The summed E-state index contributed by atoms with van der Waals surface area (Å²) in [4.78, 5) is 11.5. The monoisotopic (exact) mass is 286 g/mol. The highest BCUT2D eigenvalue weighted by Crippen LogP contribution is 2.65. The van der Waals surface area contributed by atoms with Gasteiger partial charge in [-0.25, -0.2) is 0 Å². The average Bonchev–Trinajstić information content (AvgIpc) is 2.83. The Morgan fingerprint density at radius 3 is 2.76 bits per heavy atom. The average molecular weight is 286 g/mol. The van der Waals surface area contributed by atoms with Crippen LogP contribution in [-0.4, -0.2) is 6.29 Å². The minimum absolute atomic E-state index is 0.319. The van der Waals surface area contributed by atoms with E-state index in [0.717, 1.165) is 24.2 Å². The summed E-state index contributed by atoms with van der Waals surface area (Å²) in [6.45, 7) is 5.01. The summed E-state index contributed by atoms with van der Waals surface area (Å²) in [6, 6.07) is 0. The van der Waals surface area contributed by atoms with Gasteiger partial charge in [0, 0.05) is 5.92 Å². The van der Waals surface area contributed by atoms with Crippen LogP contribution >= 0.6 is 0 Å². The maximum absolute atomic E-state index is 11.5. The topological polar surface area (TPSA) is 17.1 Å². The molecule has 0 N–H and O–H groups in total. The van der Waals surface area contributed by atoms with Gasteiger partial charge in [0.25, 0.3) is 0 Å². The van der Waals surface area contributed by atoms with Crippen molar-refractivity contribution in [2.75, 3.05) is 0 Å². The van der Waals surface area contributed by atoms with Gasteiger partial charge in [0.2, 0.25) is 0 Å². The highest BCUT2D eigenvalue weighted by Gasteiger charge is 2.58. The van der Waals surface area contributed by atoms with Gasteiger partial charge in [0.05, 0.1) is 0 Å². The fourth-order valence-corrected chi connectivity index (χ4v) is 6.96. The summed E-state index contributed by atoms with van der Waals surface area (Å²) in [7, 11) is 0. The first-order valence-corrected chi connectivity index (χ1v) is 9.24. The molecule has 0 aromatic rings. The number of allylic oxidation sites excluding steroid dienone is 2. The zero-order valence-electron chi connectivity index (χ0n) is 13.7. The Labute approximate surface area is 129 Å². The highest BCUT2D eigenvalue weighted by atomic mass is 16.1. The van der Waals surface area contributed by atoms with Crippen LogP contribution in [0.2, 0.25) is 0 Å². The van der Waals surface area contributed by atoms with Crippen LogP contribution < -0.4 is 0 Å². The summed E-state index contributed by atoms with van der Waals surface area (Å²) in [5.74, 6) is 2.91. The molecule has 0 spiro atoms. The molecule has 4 rings (SSSR count). The maximum atomic E-state index is 11.5. The van der Waals surface area contributed by atoms with E-state index in [1.165, 1.54) is 57.7 Å². The molecule has 6 atom stereocenters. The number of aldehydes is 1. The molecule has 0 aromatic carbocycles. The lowest BCUT2D eigenvalue weighted by molar-refractivity contribution is -0.117. The SMILES string of the molecule is C[C@]12CCCCC1=CC[C@@H]1[C@H]2CC[C@]2(C)C(C=O)CC[C@@H]12. The van der Waals surface area contributed by atoms with Gasteiger partial charge in [0.15, 0.2) is 0 Å². The summed E-state index contributed by atoms with van der Waals surface area (Å²) in [5, 5.41) is 0. The van der Waals surface area contributed by atoms with E-state index < -0.39 is 0 Å². The van der Waals surface area contributed by atoms with Gasteiger partial charge < -0.3 is 4.79 Å². The van der Waals surface area contributed by atoms with Crippen LogP contribution in [0.15, 0.2) is 11.6 Å². The van der Waals surface area contributed by atoms with Crippen molar-refractivity contribution in [3.63, 3.8) is 0 Å². The number of hydrogen-bond donors (Lipinski definition) is 0. The number of fused-ring (bicyclic) bond motifs is 5. The van der Waals surface area contributed by atoms with Crippen molar-refractivity contribution in [3.8, 4) is 0 Å². The second-order valence-corrected chi connectivity index (χ2v) is 8.83. The Bertz CT molecular complexity index is 478. The normalized spacial score (nSPS) is 52.4. The van der Waals surface area contributed by atoms with E-state index in [9.17, 15) is 4.79 Å². The number of carbonyl (C=O) groups excluding carboxylic acids is 1. The molecule has 0 saturated heterocycles. The lowest BCUT2D eigenvalue weighted by atomic mass is 9.47. The molecular formula is C20H30O. The number of hydrogen-bond acceptors (Lipinski definition) is 1. The minimum Gasteiger partial charge on any atom is -0.303 e. The number of rotatable bonds is 1. The van der Waals surface area contributed by atoms with Crippen LogP contribution in [0.5, 0.6) is 0 Å². The lowest BCUT2D eigenvalue weighted by Crippen LogP contribution is -2.49. The van der Waals surface area contributed by atoms with Crippen LogP contribution in [0, 0.1) is 34.5 Å². The fraction of sp³-hybridized carbons (Fsp3) is 0.850. The van der Waals surface area contributed by atoms with Gasteiger partial charge >= 0.3 is 0 Å². The predicted octanol–water partition coefficient (Wildman–Crippen LogP) is 5.15. The first-order valence-electron chi connectivity index (χ1n) is 9.24. The van der Waals surface area contributed by atoms with Crippen molar-refractivity contribution >= 4 is 6.29 Å². The van der Waals surface area contributed by atoms with E-state index in [1.807, 2.05) is 0 Å².